The monoisotopic (exact) mass is 702 g/mol. The Morgan fingerprint density at radius 2 is 1.02 bits per heavy atom. The zero-order chi connectivity index (χ0) is 36.0. The number of unbranched alkanes of at least 4 members (excludes halogenated alkanes) is 24. The second-order valence-electron chi connectivity index (χ2n) is 14.8. The van der Waals surface area contributed by atoms with Crippen molar-refractivity contribution in [1.29, 1.82) is 0 Å². The van der Waals surface area contributed by atoms with Crippen molar-refractivity contribution in [2.75, 3.05) is 13.2 Å². The molecule has 0 spiro atoms. The Bertz CT molecular complexity index is 741. The Labute approximate surface area is 300 Å². The van der Waals surface area contributed by atoms with Gasteiger partial charge in [-0.1, -0.05) is 174 Å². The van der Waals surface area contributed by atoms with Gasteiger partial charge in [0.15, 0.2) is 6.29 Å². The first-order valence-electron chi connectivity index (χ1n) is 20.7. The number of rotatable bonds is 34. The molecule has 0 aromatic heterocycles. The molecule has 6 N–H and O–H groups in total. The van der Waals surface area contributed by atoms with Crippen LogP contribution < -0.4 is 5.32 Å². The van der Waals surface area contributed by atoms with E-state index < -0.39 is 49.5 Å². The molecular formula is C40H79NO8. The maximum atomic E-state index is 12.9. The smallest absolute Gasteiger partial charge is 0.220 e. The lowest BCUT2D eigenvalue weighted by molar-refractivity contribution is -0.302. The van der Waals surface area contributed by atoms with Crippen LogP contribution in [0.3, 0.4) is 0 Å². The predicted molar refractivity (Wildman–Crippen MR) is 198 cm³/mol. The molecule has 1 heterocycles. The zero-order valence-electron chi connectivity index (χ0n) is 31.7. The topological polar surface area (TPSA) is 149 Å². The van der Waals surface area contributed by atoms with Gasteiger partial charge >= 0.3 is 0 Å². The van der Waals surface area contributed by atoms with E-state index >= 15 is 0 Å². The average molecular weight is 702 g/mol. The molecule has 1 amide bonds. The number of carbonyl (C=O) groups excluding carboxylic acids is 1. The summed E-state index contributed by atoms with van der Waals surface area (Å²) in [6.45, 7) is 3.82. The molecule has 1 aliphatic rings. The Morgan fingerprint density at radius 1 is 0.612 bits per heavy atom. The second kappa shape index (κ2) is 31.9. The fraction of sp³-hybridized carbons (Fsp3) is 0.975. The lowest BCUT2D eigenvalue weighted by Gasteiger charge is -2.40. The maximum Gasteiger partial charge on any atom is 0.220 e. The minimum Gasteiger partial charge on any atom is -0.394 e. The van der Waals surface area contributed by atoms with E-state index in [1.807, 2.05) is 0 Å². The van der Waals surface area contributed by atoms with Crippen LogP contribution in [0.2, 0.25) is 0 Å². The number of aliphatic hydroxyl groups excluding tert-OH is 5. The summed E-state index contributed by atoms with van der Waals surface area (Å²) in [5.41, 5.74) is 0. The Hall–Kier alpha value is -0.810. The molecule has 9 nitrogen and oxygen atoms in total. The average Bonchev–Trinajstić information content (AvgIpc) is 3.10. The highest BCUT2D eigenvalue weighted by atomic mass is 16.7. The summed E-state index contributed by atoms with van der Waals surface area (Å²) < 4.78 is 11.2. The SMILES string of the molecule is CCCCCCCCCCCCCCCC(=O)NC(COC1OC(CO)C(O)C(O)C1O)C(O)CCCCCCCCCCCCCCC. The molecule has 7 unspecified atom stereocenters. The van der Waals surface area contributed by atoms with Crippen LogP contribution in [-0.2, 0) is 14.3 Å². The largest absolute Gasteiger partial charge is 0.394 e. The Balaban J connectivity index is 2.38. The van der Waals surface area contributed by atoms with E-state index in [4.69, 9.17) is 9.47 Å². The number of amides is 1. The lowest BCUT2D eigenvalue weighted by atomic mass is 9.99. The molecule has 0 saturated carbocycles. The molecule has 0 aromatic carbocycles. The number of hydrogen-bond acceptors (Lipinski definition) is 8. The number of aliphatic hydroxyl groups is 5. The van der Waals surface area contributed by atoms with Gasteiger partial charge in [-0.3, -0.25) is 4.79 Å². The molecule has 0 radical (unpaired) electrons. The van der Waals surface area contributed by atoms with Gasteiger partial charge in [0.1, 0.15) is 24.4 Å². The first-order chi connectivity index (χ1) is 23.8. The van der Waals surface area contributed by atoms with Gasteiger partial charge in [0.2, 0.25) is 5.91 Å². The van der Waals surface area contributed by atoms with Gasteiger partial charge in [0.05, 0.1) is 25.4 Å². The summed E-state index contributed by atoms with van der Waals surface area (Å²) in [5.74, 6) is -0.144. The van der Waals surface area contributed by atoms with Gasteiger partial charge in [-0.2, -0.15) is 0 Å². The van der Waals surface area contributed by atoms with Crippen molar-refractivity contribution in [1.82, 2.24) is 5.32 Å². The van der Waals surface area contributed by atoms with Crippen LogP contribution in [0, 0.1) is 0 Å². The molecule has 1 aliphatic heterocycles. The fourth-order valence-corrected chi connectivity index (χ4v) is 6.81. The normalized spacial score (nSPS) is 22.3. The molecule has 9 heteroatoms. The predicted octanol–water partition coefficient (Wildman–Crippen LogP) is 7.61. The number of hydrogen-bond donors (Lipinski definition) is 6. The van der Waals surface area contributed by atoms with E-state index in [1.165, 1.54) is 128 Å². The highest BCUT2D eigenvalue weighted by Gasteiger charge is 2.44. The standard InChI is InChI=1S/C40H79NO8/c1-3-5-7-9-11-13-15-17-19-21-23-25-27-29-34(43)33(32-48-40-39(47)38(46)37(45)35(31-42)49-40)41-36(44)30-28-26-24-22-20-18-16-14-12-10-8-6-4-2/h33-35,37-40,42-43,45-47H,3-32H2,1-2H3,(H,41,44). The van der Waals surface area contributed by atoms with Gasteiger partial charge in [0.25, 0.3) is 0 Å². The zero-order valence-corrected chi connectivity index (χ0v) is 31.7. The first kappa shape index (κ1) is 46.2. The quantitative estimate of drug-likeness (QED) is 0.0376. The van der Waals surface area contributed by atoms with E-state index in [0.717, 1.165) is 38.5 Å². The van der Waals surface area contributed by atoms with Gasteiger partial charge in [-0.25, -0.2) is 0 Å². The van der Waals surface area contributed by atoms with Crippen LogP contribution >= 0.6 is 0 Å². The Morgan fingerprint density at radius 3 is 1.45 bits per heavy atom. The van der Waals surface area contributed by atoms with Crippen LogP contribution in [0.4, 0.5) is 0 Å². The van der Waals surface area contributed by atoms with Gasteiger partial charge < -0.3 is 40.3 Å². The van der Waals surface area contributed by atoms with Gasteiger partial charge in [-0.05, 0) is 12.8 Å². The molecule has 0 bridgehead atoms. The van der Waals surface area contributed by atoms with Gasteiger partial charge in [0, 0.05) is 6.42 Å². The molecule has 7 atom stereocenters. The van der Waals surface area contributed by atoms with E-state index in [9.17, 15) is 30.3 Å². The molecule has 49 heavy (non-hydrogen) atoms. The minimum absolute atomic E-state index is 0.132. The van der Waals surface area contributed by atoms with Crippen LogP contribution in [0.1, 0.15) is 194 Å². The summed E-state index contributed by atoms with van der Waals surface area (Å²) in [7, 11) is 0. The first-order valence-corrected chi connectivity index (χ1v) is 20.7. The summed E-state index contributed by atoms with van der Waals surface area (Å²) >= 11 is 0. The lowest BCUT2D eigenvalue weighted by Crippen LogP contribution is -2.60. The van der Waals surface area contributed by atoms with Gasteiger partial charge in [-0.15, -0.1) is 0 Å². The minimum atomic E-state index is -1.55. The van der Waals surface area contributed by atoms with Crippen molar-refractivity contribution in [3.8, 4) is 0 Å². The van der Waals surface area contributed by atoms with E-state index in [1.54, 1.807) is 0 Å². The third kappa shape index (κ3) is 23.4. The van der Waals surface area contributed by atoms with Crippen LogP contribution in [0.5, 0.6) is 0 Å². The number of ether oxygens (including phenoxy) is 2. The van der Waals surface area contributed by atoms with Crippen molar-refractivity contribution < 1.29 is 39.8 Å². The highest BCUT2D eigenvalue weighted by molar-refractivity contribution is 5.76. The fourth-order valence-electron chi connectivity index (χ4n) is 6.81. The molecule has 1 saturated heterocycles. The molecule has 0 aromatic rings. The van der Waals surface area contributed by atoms with Crippen molar-refractivity contribution in [3.63, 3.8) is 0 Å². The summed E-state index contributed by atoms with van der Waals surface area (Å²) in [5, 5.41) is 54.1. The van der Waals surface area contributed by atoms with Crippen LogP contribution in [0.25, 0.3) is 0 Å². The Kier molecular flexibility index (Phi) is 30.1. The summed E-state index contributed by atoms with van der Waals surface area (Å²) in [4.78, 5) is 12.9. The second-order valence-corrected chi connectivity index (χ2v) is 14.8. The summed E-state index contributed by atoms with van der Waals surface area (Å²) in [6.07, 6.45) is 25.3. The number of carbonyl (C=O) groups is 1. The molecular weight excluding hydrogens is 622 g/mol. The van der Waals surface area contributed by atoms with E-state index in [0.29, 0.717) is 12.8 Å². The highest BCUT2D eigenvalue weighted by Crippen LogP contribution is 2.23. The van der Waals surface area contributed by atoms with Crippen LogP contribution in [-0.4, -0.2) is 87.5 Å². The maximum absolute atomic E-state index is 12.9. The van der Waals surface area contributed by atoms with Crippen molar-refractivity contribution in [3.05, 3.63) is 0 Å². The third-order valence-electron chi connectivity index (χ3n) is 10.2. The van der Waals surface area contributed by atoms with Crippen molar-refractivity contribution in [2.24, 2.45) is 0 Å². The van der Waals surface area contributed by atoms with Crippen molar-refractivity contribution in [2.45, 2.75) is 236 Å². The van der Waals surface area contributed by atoms with E-state index in [-0.39, 0.29) is 12.5 Å². The molecule has 292 valence electrons. The summed E-state index contributed by atoms with van der Waals surface area (Å²) in [6, 6.07) is -0.709. The van der Waals surface area contributed by atoms with Crippen molar-refractivity contribution >= 4 is 5.91 Å². The molecule has 1 fully saturated rings. The molecule has 0 aliphatic carbocycles. The molecule has 1 rings (SSSR count). The number of nitrogens with one attached hydrogen (secondary N) is 1. The van der Waals surface area contributed by atoms with Crippen LogP contribution in [0.15, 0.2) is 0 Å². The van der Waals surface area contributed by atoms with E-state index in [2.05, 4.69) is 19.2 Å². The third-order valence-corrected chi connectivity index (χ3v) is 10.2.